The summed E-state index contributed by atoms with van der Waals surface area (Å²) >= 11 is 0. The number of aliphatic hydroxyl groups excluding tert-OH is 1. The zero-order chi connectivity index (χ0) is 17.2. The summed E-state index contributed by atoms with van der Waals surface area (Å²) in [7, 11) is 0. The lowest BCUT2D eigenvalue weighted by molar-refractivity contribution is 0.0813. The number of hydrogen-bond acceptors (Lipinski definition) is 3. The summed E-state index contributed by atoms with van der Waals surface area (Å²) in [5, 5.41) is 19.5. The number of aryl methyl sites for hydroxylation is 1. The fourth-order valence-corrected chi connectivity index (χ4v) is 4.09. The fraction of sp³-hybridized carbons (Fsp3) is 0.429. The predicted molar refractivity (Wildman–Crippen MR) is 104 cm³/mol. The van der Waals surface area contributed by atoms with Crippen LogP contribution in [0.3, 0.4) is 0 Å². The molecule has 3 N–H and O–H groups in total. The summed E-state index contributed by atoms with van der Waals surface area (Å²) in [6, 6.07) is 15.4. The molecule has 2 aromatic carbocycles. The van der Waals surface area contributed by atoms with Crippen LogP contribution >= 0.6 is 0 Å². The zero-order valence-corrected chi connectivity index (χ0v) is 14.8. The first-order valence-corrected chi connectivity index (χ1v) is 9.37. The number of piperidine rings is 1. The summed E-state index contributed by atoms with van der Waals surface area (Å²) in [6.07, 6.45) is 0.809. The van der Waals surface area contributed by atoms with E-state index in [2.05, 4.69) is 64.6 Å². The Hall–Kier alpha value is -1.88. The molecule has 1 saturated heterocycles. The van der Waals surface area contributed by atoms with Gasteiger partial charge in [0.25, 0.3) is 0 Å². The number of aliphatic hydroxyl groups is 1. The third kappa shape index (κ3) is 3.17. The molecule has 25 heavy (non-hydrogen) atoms. The second-order valence-corrected chi connectivity index (χ2v) is 7.06. The van der Waals surface area contributed by atoms with Gasteiger partial charge in [0.15, 0.2) is 0 Å². The van der Waals surface area contributed by atoms with Crippen molar-refractivity contribution in [2.24, 2.45) is 5.92 Å². The molecule has 4 nitrogen and oxygen atoms in total. The SMILES string of the molecule is CCn1c2ccccc2c2cc(CNC[C@@H]3CCNC[C@H]3O)ccc21. The average Bonchev–Trinajstić information content (AvgIpc) is 2.96. The molecular formula is C21H27N3O. The van der Waals surface area contributed by atoms with Crippen LogP contribution in [0.2, 0.25) is 0 Å². The van der Waals surface area contributed by atoms with Gasteiger partial charge in [0.2, 0.25) is 0 Å². The lowest BCUT2D eigenvalue weighted by Gasteiger charge is -2.28. The molecule has 4 heteroatoms. The maximum absolute atomic E-state index is 10.1. The van der Waals surface area contributed by atoms with Gasteiger partial charge in [-0.25, -0.2) is 0 Å². The second-order valence-electron chi connectivity index (χ2n) is 7.06. The van der Waals surface area contributed by atoms with Crippen molar-refractivity contribution in [3.63, 3.8) is 0 Å². The van der Waals surface area contributed by atoms with Gasteiger partial charge in [-0.3, -0.25) is 0 Å². The first-order chi connectivity index (χ1) is 12.3. The Morgan fingerprint density at radius 2 is 2.00 bits per heavy atom. The largest absolute Gasteiger partial charge is 0.391 e. The van der Waals surface area contributed by atoms with E-state index >= 15 is 0 Å². The number of nitrogens with one attached hydrogen (secondary N) is 2. The number of fused-ring (bicyclic) bond motifs is 3. The van der Waals surface area contributed by atoms with E-state index in [0.717, 1.165) is 39.1 Å². The first-order valence-electron chi connectivity index (χ1n) is 9.37. The third-order valence-corrected chi connectivity index (χ3v) is 5.48. The van der Waals surface area contributed by atoms with Crippen molar-refractivity contribution in [1.82, 2.24) is 15.2 Å². The summed E-state index contributed by atoms with van der Waals surface area (Å²) < 4.78 is 2.38. The molecule has 132 valence electrons. The highest BCUT2D eigenvalue weighted by Crippen LogP contribution is 2.29. The highest BCUT2D eigenvalue weighted by atomic mass is 16.3. The van der Waals surface area contributed by atoms with Crippen LogP contribution in [0.1, 0.15) is 18.9 Å². The molecule has 0 unspecified atom stereocenters. The standard InChI is InChI=1S/C21H27N3O/c1-2-24-19-6-4-3-5-17(19)18-11-15(7-8-20(18)24)12-23-13-16-9-10-22-14-21(16)25/h3-8,11,16,21-23,25H,2,9-10,12-14H2,1H3/t16-,21+/m0/s1. The quantitative estimate of drug-likeness (QED) is 0.671. The van der Waals surface area contributed by atoms with Gasteiger partial charge in [-0.15, -0.1) is 0 Å². The minimum Gasteiger partial charge on any atom is -0.391 e. The molecule has 0 radical (unpaired) electrons. The second kappa shape index (κ2) is 7.16. The van der Waals surface area contributed by atoms with E-state index in [0.29, 0.717) is 5.92 Å². The number of aromatic nitrogens is 1. The van der Waals surface area contributed by atoms with E-state index in [4.69, 9.17) is 0 Å². The van der Waals surface area contributed by atoms with Crippen molar-refractivity contribution >= 4 is 21.8 Å². The van der Waals surface area contributed by atoms with Gasteiger partial charge in [-0.1, -0.05) is 24.3 Å². The van der Waals surface area contributed by atoms with Crippen LogP contribution in [0.15, 0.2) is 42.5 Å². The van der Waals surface area contributed by atoms with Crippen LogP contribution in [-0.4, -0.2) is 35.4 Å². The maximum Gasteiger partial charge on any atom is 0.0705 e. The van der Waals surface area contributed by atoms with Gasteiger partial charge in [0.05, 0.1) is 6.10 Å². The fourth-order valence-electron chi connectivity index (χ4n) is 4.09. The number of benzene rings is 2. The van der Waals surface area contributed by atoms with E-state index in [-0.39, 0.29) is 6.10 Å². The summed E-state index contributed by atoms with van der Waals surface area (Å²) in [5.41, 5.74) is 3.92. The van der Waals surface area contributed by atoms with E-state index < -0.39 is 0 Å². The van der Waals surface area contributed by atoms with Crippen molar-refractivity contribution in [3.8, 4) is 0 Å². The molecule has 4 rings (SSSR count). The van der Waals surface area contributed by atoms with Crippen LogP contribution in [0.4, 0.5) is 0 Å². The molecule has 0 spiro atoms. The molecule has 1 aliphatic rings. The van der Waals surface area contributed by atoms with Crippen molar-refractivity contribution in [2.45, 2.75) is 32.5 Å². The molecule has 1 aromatic heterocycles. The molecule has 2 heterocycles. The van der Waals surface area contributed by atoms with Crippen molar-refractivity contribution in [2.75, 3.05) is 19.6 Å². The number of nitrogens with zero attached hydrogens (tertiary/aromatic N) is 1. The van der Waals surface area contributed by atoms with Crippen LogP contribution in [0, 0.1) is 5.92 Å². The molecular weight excluding hydrogens is 310 g/mol. The zero-order valence-electron chi connectivity index (χ0n) is 14.8. The summed E-state index contributed by atoms with van der Waals surface area (Å²) in [4.78, 5) is 0. The summed E-state index contributed by atoms with van der Waals surface area (Å²) in [6.45, 7) is 6.62. The molecule has 3 aromatic rings. The Morgan fingerprint density at radius 3 is 2.84 bits per heavy atom. The van der Waals surface area contributed by atoms with Gasteiger partial charge >= 0.3 is 0 Å². The Balaban J connectivity index is 1.54. The smallest absolute Gasteiger partial charge is 0.0705 e. The van der Waals surface area contributed by atoms with Crippen LogP contribution in [0.5, 0.6) is 0 Å². The minimum atomic E-state index is -0.230. The van der Waals surface area contributed by atoms with Crippen molar-refractivity contribution < 1.29 is 5.11 Å². The normalized spacial score (nSPS) is 21.2. The highest BCUT2D eigenvalue weighted by molar-refractivity contribution is 6.08. The topological polar surface area (TPSA) is 49.2 Å². The van der Waals surface area contributed by atoms with E-state index in [1.807, 2.05) is 0 Å². The number of para-hydroxylation sites is 1. The Kier molecular flexibility index (Phi) is 4.75. The highest BCUT2D eigenvalue weighted by Gasteiger charge is 2.22. The summed E-state index contributed by atoms with van der Waals surface area (Å²) in [5.74, 6) is 0.354. The lowest BCUT2D eigenvalue weighted by Crippen LogP contribution is -2.44. The van der Waals surface area contributed by atoms with E-state index in [1.165, 1.54) is 27.4 Å². The van der Waals surface area contributed by atoms with Crippen LogP contribution in [-0.2, 0) is 13.1 Å². The molecule has 1 fully saturated rings. The van der Waals surface area contributed by atoms with Crippen molar-refractivity contribution in [3.05, 3.63) is 48.0 Å². The monoisotopic (exact) mass is 337 g/mol. The molecule has 0 amide bonds. The third-order valence-electron chi connectivity index (χ3n) is 5.48. The number of hydrogen-bond donors (Lipinski definition) is 3. The van der Waals surface area contributed by atoms with Gasteiger partial charge in [-0.05, 0) is 49.6 Å². The van der Waals surface area contributed by atoms with Crippen LogP contribution in [0.25, 0.3) is 21.8 Å². The van der Waals surface area contributed by atoms with Crippen LogP contribution < -0.4 is 10.6 Å². The van der Waals surface area contributed by atoms with Gasteiger partial charge in [-0.2, -0.15) is 0 Å². The Labute approximate surface area is 148 Å². The Morgan fingerprint density at radius 1 is 1.16 bits per heavy atom. The van der Waals surface area contributed by atoms with E-state index in [9.17, 15) is 5.11 Å². The molecule has 0 saturated carbocycles. The minimum absolute atomic E-state index is 0.230. The average molecular weight is 337 g/mol. The van der Waals surface area contributed by atoms with Gasteiger partial charge in [0, 0.05) is 48.0 Å². The molecule has 1 aliphatic heterocycles. The lowest BCUT2D eigenvalue weighted by atomic mass is 9.95. The van der Waals surface area contributed by atoms with Gasteiger partial charge in [0.1, 0.15) is 0 Å². The number of rotatable bonds is 5. The number of β-amino-alcohol motifs (C(OH)–C–C–N with tert-alkyl or cyclic N) is 1. The Bertz CT molecular complexity index is 870. The van der Waals surface area contributed by atoms with Crippen molar-refractivity contribution in [1.29, 1.82) is 0 Å². The van der Waals surface area contributed by atoms with Gasteiger partial charge < -0.3 is 20.3 Å². The maximum atomic E-state index is 10.1. The molecule has 2 atom stereocenters. The first kappa shape index (κ1) is 16.6. The molecule has 0 aliphatic carbocycles. The molecule has 0 bridgehead atoms. The van der Waals surface area contributed by atoms with E-state index in [1.54, 1.807) is 0 Å². The predicted octanol–water partition coefficient (Wildman–Crippen LogP) is 2.87.